The molecule has 0 unspecified atom stereocenters. The summed E-state index contributed by atoms with van der Waals surface area (Å²) in [5, 5.41) is 13.0. The molecule has 1 aliphatic rings. The van der Waals surface area contributed by atoms with Crippen LogP contribution in [-0.4, -0.2) is 27.9 Å². The van der Waals surface area contributed by atoms with Gasteiger partial charge in [-0.2, -0.15) is 0 Å². The number of aromatic nitrogens is 2. The van der Waals surface area contributed by atoms with Crippen LogP contribution in [0.15, 0.2) is 41.4 Å². The van der Waals surface area contributed by atoms with E-state index >= 15 is 0 Å². The van der Waals surface area contributed by atoms with Gasteiger partial charge in [0.25, 0.3) is 0 Å². The minimum absolute atomic E-state index is 0.0791. The number of rotatable bonds is 5. The van der Waals surface area contributed by atoms with Crippen LogP contribution in [0.2, 0.25) is 5.02 Å². The van der Waals surface area contributed by atoms with Gasteiger partial charge < -0.3 is 5.32 Å². The van der Waals surface area contributed by atoms with Gasteiger partial charge in [0.1, 0.15) is 5.03 Å². The van der Waals surface area contributed by atoms with E-state index in [0.717, 1.165) is 29.1 Å². The second-order valence-corrected chi connectivity index (χ2v) is 7.39. The van der Waals surface area contributed by atoms with E-state index in [4.69, 9.17) is 11.6 Å². The van der Waals surface area contributed by atoms with Gasteiger partial charge in [-0.3, -0.25) is 4.79 Å². The second kappa shape index (κ2) is 8.49. The van der Waals surface area contributed by atoms with Gasteiger partial charge in [-0.15, -0.1) is 10.2 Å². The molecular weight excluding hydrogens is 342 g/mol. The Morgan fingerprint density at radius 2 is 1.83 bits per heavy atom. The fraction of sp³-hybridized carbons (Fsp3) is 0.389. The maximum absolute atomic E-state index is 12.0. The lowest BCUT2D eigenvalue weighted by Gasteiger charge is -2.22. The lowest BCUT2D eigenvalue weighted by Crippen LogP contribution is -2.37. The van der Waals surface area contributed by atoms with Crippen LogP contribution < -0.4 is 5.32 Å². The Bertz CT molecular complexity index is 670. The van der Waals surface area contributed by atoms with Crippen molar-refractivity contribution in [3.8, 4) is 11.3 Å². The number of nitrogens with one attached hydrogen (secondary N) is 1. The molecule has 1 fully saturated rings. The third kappa shape index (κ3) is 4.95. The number of carbonyl (C=O) groups is 1. The molecule has 24 heavy (non-hydrogen) atoms. The molecule has 1 aromatic heterocycles. The second-order valence-electron chi connectivity index (χ2n) is 5.95. The van der Waals surface area contributed by atoms with Crippen molar-refractivity contribution in [3.05, 3.63) is 41.4 Å². The molecule has 0 radical (unpaired) electrons. The molecule has 6 heteroatoms. The number of amides is 1. The van der Waals surface area contributed by atoms with E-state index in [1.165, 1.54) is 31.0 Å². The Hall–Kier alpha value is -1.59. The summed E-state index contributed by atoms with van der Waals surface area (Å²) in [7, 11) is 0. The zero-order valence-corrected chi connectivity index (χ0v) is 14.9. The molecule has 4 nitrogen and oxygen atoms in total. The van der Waals surface area contributed by atoms with Crippen LogP contribution in [-0.2, 0) is 4.79 Å². The first-order chi connectivity index (χ1) is 11.7. The molecule has 1 heterocycles. The molecule has 1 aliphatic carbocycles. The minimum Gasteiger partial charge on any atom is -0.353 e. The van der Waals surface area contributed by atoms with Crippen molar-refractivity contribution >= 4 is 29.3 Å². The maximum Gasteiger partial charge on any atom is 0.230 e. The largest absolute Gasteiger partial charge is 0.353 e. The van der Waals surface area contributed by atoms with E-state index in [-0.39, 0.29) is 5.91 Å². The summed E-state index contributed by atoms with van der Waals surface area (Å²) in [5.41, 5.74) is 1.76. The van der Waals surface area contributed by atoms with Crippen LogP contribution in [0, 0.1) is 0 Å². The molecule has 1 amide bonds. The van der Waals surface area contributed by atoms with E-state index in [9.17, 15) is 4.79 Å². The van der Waals surface area contributed by atoms with Crippen molar-refractivity contribution in [2.24, 2.45) is 0 Å². The monoisotopic (exact) mass is 361 g/mol. The Kier molecular flexibility index (Phi) is 6.10. The van der Waals surface area contributed by atoms with E-state index in [1.807, 2.05) is 36.4 Å². The summed E-state index contributed by atoms with van der Waals surface area (Å²) >= 11 is 7.30. The highest BCUT2D eigenvalue weighted by atomic mass is 35.5. The molecule has 3 rings (SSSR count). The van der Waals surface area contributed by atoms with Gasteiger partial charge in [0.05, 0.1) is 11.4 Å². The molecular formula is C18H20ClN3OS. The van der Waals surface area contributed by atoms with Crippen molar-refractivity contribution in [2.45, 2.75) is 43.2 Å². The molecule has 0 atom stereocenters. The molecule has 1 saturated carbocycles. The smallest absolute Gasteiger partial charge is 0.230 e. The van der Waals surface area contributed by atoms with E-state index in [1.54, 1.807) is 0 Å². The Labute approximate surface area is 151 Å². The topological polar surface area (TPSA) is 54.9 Å². The number of thioether (sulfide) groups is 1. The predicted octanol–water partition coefficient (Wildman–Crippen LogP) is 4.34. The van der Waals surface area contributed by atoms with Crippen molar-refractivity contribution in [1.29, 1.82) is 0 Å². The summed E-state index contributed by atoms with van der Waals surface area (Å²) in [6, 6.07) is 11.7. The highest BCUT2D eigenvalue weighted by Gasteiger charge is 2.15. The number of hydrogen-bond acceptors (Lipinski definition) is 4. The normalized spacial score (nSPS) is 15.2. The lowest BCUT2D eigenvalue weighted by atomic mass is 9.95. The fourth-order valence-electron chi connectivity index (χ4n) is 2.83. The molecule has 0 spiro atoms. The van der Waals surface area contributed by atoms with Crippen molar-refractivity contribution in [2.75, 3.05) is 5.75 Å². The summed E-state index contributed by atoms with van der Waals surface area (Å²) in [6.07, 6.45) is 5.93. The van der Waals surface area contributed by atoms with Crippen LogP contribution in [0.1, 0.15) is 32.1 Å². The zero-order chi connectivity index (χ0) is 16.8. The average Bonchev–Trinajstić information content (AvgIpc) is 2.62. The van der Waals surface area contributed by atoms with Gasteiger partial charge in [0.2, 0.25) is 5.91 Å². The summed E-state index contributed by atoms with van der Waals surface area (Å²) < 4.78 is 0. The first-order valence-electron chi connectivity index (χ1n) is 8.22. The van der Waals surface area contributed by atoms with Gasteiger partial charge in [-0.05, 0) is 37.1 Å². The predicted molar refractivity (Wildman–Crippen MR) is 98.2 cm³/mol. The number of carbonyl (C=O) groups excluding carboxylic acids is 1. The van der Waals surface area contributed by atoms with Crippen LogP contribution in [0.3, 0.4) is 0 Å². The summed E-state index contributed by atoms with van der Waals surface area (Å²) in [4.78, 5) is 12.0. The highest BCUT2D eigenvalue weighted by molar-refractivity contribution is 7.99. The van der Waals surface area contributed by atoms with Gasteiger partial charge in [0, 0.05) is 16.6 Å². The summed E-state index contributed by atoms with van der Waals surface area (Å²) in [6.45, 7) is 0. The fourth-order valence-corrected chi connectivity index (χ4v) is 3.58. The van der Waals surface area contributed by atoms with Crippen LogP contribution in [0.25, 0.3) is 11.3 Å². The Balaban J connectivity index is 1.50. The van der Waals surface area contributed by atoms with Crippen molar-refractivity contribution in [1.82, 2.24) is 15.5 Å². The van der Waals surface area contributed by atoms with Gasteiger partial charge >= 0.3 is 0 Å². The quantitative estimate of drug-likeness (QED) is 0.805. The first kappa shape index (κ1) is 17.2. The van der Waals surface area contributed by atoms with Crippen LogP contribution in [0.5, 0.6) is 0 Å². The van der Waals surface area contributed by atoms with Gasteiger partial charge in [0.15, 0.2) is 0 Å². The van der Waals surface area contributed by atoms with Crippen LogP contribution in [0.4, 0.5) is 0 Å². The van der Waals surface area contributed by atoms with E-state index in [0.29, 0.717) is 16.8 Å². The Morgan fingerprint density at radius 1 is 1.08 bits per heavy atom. The minimum atomic E-state index is 0.0791. The number of nitrogens with zero attached hydrogens (tertiary/aromatic N) is 2. The standard InChI is InChI=1S/C18H20ClN3OS/c19-14-8-6-13(7-9-14)16-10-11-18(22-21-16)24-12-17(23)20-15-4-2-1-3-5-15/h6-11,15H,1-5,12H2,(H,20,23). The molecule has 0 bridgehead atoms. The third-order valence-corrected chi connectivity index (χ3v) is 5.27. The molecule has 0 saturated heterocycles. The highest BCUT2D eigenvalue weighted by Crippen LogP contribution is 2.22. The van der Waals surface area contributed by atoms with E-state index in [2.05, 4.69) is 15.5 Å². The van der Waals surface area contributed by atoms with E-state index < -0.39 is 0 Å². The van der Waals surface area contributed by atoms with Gasteiger partial charge in [-0.1, -0.05) is 54.8 Å². The van der Waals surface area contributed by atoms with Crippen molar-refractivity contribution < 1.29 is 4.79 Å². The van der Waals surface area contributed by atoms with Crippen LogP contribution >= 0.6 is 23.4 Å². The molecule has 2 aromatic rings. The number of benzene rings is 1. The lowest BCUT2D eigenvalue weighted by molar-refractivity contribution is -0.119. The number of hydrogen-bond donors (Lipinski definition) is 1. The number of halogens is 1. The summed E-state index contributed by atoms with van der Waals surface area (Å²) in [5.74, 6) is 0.460. The molecule has 126 valence electrons. The zero-order valence-electron chi connectivity index (χ0n) is 13.4. The Morgan fingerprint density at radius 3 is 2.50 bits per heavy atom. The molecule has 1 N–H and O–H groups in total. The first-order valence-corrected chi connectivity index (χ1v) is 9.59. The molecule has 1 aromatic carbocycles. The maximum atomic E-state index is 12.0. The average molecular weight is 362 g/mol. The van der Waals surface area contributed by atoms with Crippen molar-refractivity contribution in [3.63, 3.8) is 0 Å². The SMILES string of the molecule is O=C(CSc1ccc(-c2ccc(Cl)cc2)nn1)NC1CCCCC1. The molecule has 0 aliphatic heterocycles. The third-order valence-electron chi connectivity index (χ3n) is 4.10. The van der Waals surface area contributed by atoms with Gasteiger partial charge in [-0.25, -0.2) is 0 Å².